The zero-order valence-electron chi connectivity index (χ0n) is 18.9. The highest BCUT2D eigenvalue weighted by Gasteiger charge is 2.31. The van der Waals surface area contributed by atoms with Crippen LogP contribution in [0, 0.1) is 11.6 Å². The number of hydrogen-bond acceptors (Lipinski definition) is 6. The van der Waals surface area contributed by atoms with Crippen molar-refractivity contribution in [2.75, 3.05) is 29.4 Å². The van der Waals surface area contributed by atoms with E-state index in [4.69, 9.17) is 0 Å². The van der Waals surface area contributed by atoms with E-state index in [9.17, 15) is 18.4 Å². The smallest absolute Gasteiger partial charge is 0.327 e. The van der Waals surface area contributed by atoms with Crippen molar-refractivity contribution < 1.29 is 13.6 Å². The van der Waals surface area contributed by atoms with Crippen molar-refractivity contribution in [1.29, 1.82) is 0 Å². The minimum atomic E-state index is -0.768. The van der Waals surface area contributed by atoms with Crippen LogP contribution in [0.2, 0.25) is 0 Å². The van der Waals surface area contributed by atoms with Crippen LogP contribution in [0.5, 0.6) is 0 Å². The number of nitrogens with zero attached hydrogens (tertiary/aromatic N) is 6. The highest BCUT2D eigenvalue weighted by molar-refractivity contribution is 6.06. The number of amides is 1. The van der Waals surface area contributed by atoms with E-state index in [1.54, 1.807) is 16.7 Å². The second kappa shape index (κ2) is 8.90. The van der Waals surface area contributed by atoms with Crippen molar-refractivity contribution in [2.45, 2.75) is 25.3 Å². The Kier molecular flexibility index (Phi) is 5.75. The molecule has 0 saturated carbocycles. The van der Waals surface area contributed by atoms with Crippen LogP contribution >= 0.6 is 0 Å². The lowest BCUT2D eigenvalue weighted by molar-refractivity contribution is 0.0983. The first-order valence-corrected chi connectivity index (χ1v) is 11.2. The Morgan fingerprint density at radius 2 is 1.94 bits per heavy atom. The van der Waals surface area contributed by atoms with Crippen molar-refractivity contribution in [2.24, 2.45) is 4.99 Å². The summed E-state index contributed by atoms with van der Waals surface area (Å²) in [7, 11) is 0. The number of hydrogen-bond donors (Lipinski definition) is 1. The molecule has 3 aromatic rings. The van der Waals surface area contributed by atoms with Crippen molar-refractivity contribution in [3.8, 4) is 0 Å². The molecule has 180 valence electrons. The topological polar surface area (TPSA) is 99.5 Å². The van der Waals surface area contributed by atoms with Crippen molar-refractivity contribution in [3.05, 3.63) is 70.2 Å². The van der Waals surface area contributed by atoms with Crippen molar-refractivity contribution in [3.63, 3.8) is 0 Å². The average Bonchev–Trinajstić information content (AvgIpc) is 3.44. The fraction of sp³-hybridized carbons (Fsp3) is 0.292. The minimum Gasteiger partial charge on any atom is -0.356 e. The summed E-state index contributed by atoms with van der Waals surface area (Å²) < 4.78 is 29.6. The van der Waals surface area contributed by atoms with Gasteiger partial charge in [-0.25, -0.2) is 28.5 Å². The SMILES string of the molecule is C=Cc1c(N=C)[nH]c(=O)n1C1CCN(c2cc(C(=O)N3CCc4cc(F)cc(F)c43)ncn2)CC1. The normalized spacial score (nSPS) is 15.8. The lowest BCUT2D eigenvalue weighted by atomic mass is 10.0. The summed E-state index contributed by atoms with van der Waals surface area (Å²) in [6.07, 6.45) is 4.60. The summed E-state index contributed by atoms with van der Waals surface area (Å²) in [6.45, 7) is 8.72. The fourth-order valence-electron chi connectivity index (χ4n) is 4.91. The van der Waals surface area contributed by atoms with Gasteiger partial charge in [-0.15, -0.1) is 0 Å². The van der Waals surface area contributed by atoms with Gasteiger partial charge >= 0.3 is 5.69 Å². The van der Waals surface area contributed by atoms with Gasteiger partial charge in [0.15, 0.2) is 5.82 Å². The summed E-state index contributed by atoms with van der Waals surface area (Å²) in [5.41, 5.74) is 1.04. The van der Waals surface area contributed by atoms with Crippen LogP contribution in [0.3, 0.4) is 0 Å². The molecule has 0 atom stereocenters. The van der Waals surface area contributed by atoms with Crippen LogP contribution in [0.15, 0.2) is 40.9 Å². The first-order valence-electron chi connectivity index (χ1n) is 11.2. The Morgan fingerprint density at radius 3 is 2.66 bits per heavy atom. The van der Waals surface area contributed by atoms with Crippen LogP contribution in [-0.4, -0.2) is 51.8 Å². The Hall–Kier alpha value is -4.15. The summed E-state index contributed by atoms with van der Waals surface area (Å²) in [6, 6.07) is 3.57. The molecule has 1 fully saturated rings. The number of aliphatic imine (C=N–C) groups is 1. The molecule has 1 amide bonds. The monoisotopic (exact) mass is 479 g/mol. The number of imidazole rings is 1. The highest BCUT2D eigenvalue weighted by Crippen LogP contribution is 2.33. The first-order chi connectivity index (χ1) is 16.9. The van der Waals surface area contributed by atoms with E-state index in [2.05, 4.69) is 33.2 Å². The van der Waals surface area contributed by atoms with Gasteiger partial charge in [-0.3, -0.25) is 14.3 Å². The van der Waals surface area contributed by atoms with E-state index in [0.29, 0.717) is 55.2 Å². The van der Waals surface area contributed by atoms with Gasteiger partial charge in [-0.2, -0.15) is 0 Å². The number of anilines is 2. The van der Waals surface area contributed by atoms with Gasteiger partial charge in [-0.1, -0.05) is 6.58 Å². The maximum Gasteiger partial charge on any atom is 0.327 e. The number of H-pyrrole nitrogens is 1. The minimum absolute atomic E-state index is 0.0501. The van der Waals surface area contributed by atoms with Crippen molar-refractivity contribution in [1.82, 2.24) is 19.5 Å². The fourth-order valence-corrected chi connectivity index (χ4v) is 4.91. The molecular formula is C24H23F2N7O2. The summed E-state index contributed by atoms with van der Waals surface area (Å²) in [4.78, 5) is 43.9. The molecule has 1 saturated heterocycles. The average molecular weight is 479 g/mol. The van der Waals surface area contributed by atoms with E-state index >= 15 is 0 Å². The first kappa shape index (κ1) is 22.6. The molecule has 2 aliphatic rings. The molecule has 2 aromatic heterocycles. The standard InChI is InChI=1S/C24H23F2N7O2/c1-3-19-22(27-2)30-24(35)33(19)16-5-7-31(8-6-16)20-12-18(28-13-29-20)23(34)32-9-4-14-10-15(25)11-17(26)21(14)32/h3,10-13,16H,1-2,4-9H2,(H,30,35). The van der Waals surface area contributed by atoms with E-state index in [-0.39, 0.29) is 29.7 Å². The lowest BCUT2D eigenvalue weighted by Gasteiger charge is -2.33. The Morgan fingerprint density at radius 1 is 1.17 bits per heavy atom. The third-order valence-corrected chi connectivity index (χ3v) is 6.55. The molecule has 0 radical (unpaired) electrons. The number of piperidine rings is 1. The summed E-state index contributed by atoms with van der Waals surface area (Å²) in [5.74, 6) is -0.932. The van der Waals surface area contributed by atoms with Crippen LogP contribution in [0.4, 0.5) is 26.1 Å². The van der Waals surface area contributed by atoms with Gasteiger partial charge in [0, 0.05) is 37.8 Å². The zero-order valence-corrected chi connectivity index (χ0v) is 18.9. The zero-order chi connectivity index (χ0) is 24.7. The quantitative estimate of drug-likeness (QED) is 0.567. The lowest BCUT2D eigenvalue weighted by Crippen LogP contribution is -2.38. The van der Waals surface area contributed by atoms with Gasteiger partial charge in [0.2, 0.25) is 0 Å². The number of aromatic nitrogens is 4. The predicted molar refractivity (Wildman–Crippen MR) is 129 cm³/mol. The summed E-state index contributed by atoms with van der Waals surface area (Å²) in [5, 5.41) is 0. The van der Waals surface area contributed by atoms with Gasteiger partial charge in [0.25, 0.3) is 5.91 Å². The number of aromatic amines is 1. The maximum absolute atomic E-state index is 14.4. The number of carbonyl (C=O) groups is 1. The predicted octanol–water partition coefficient (Wildman–Crippen LogP) is 3.26. The van der Waals surface area contributed by atoms with Crippen LogP contribution in [-0.2, 0) is 6.42 Å². The number of carbonyl (C=O) groups excluding carboxylic acids is 1. The number of halogens is 2. The molecular weight excluding hydrogens is 456 g/mol. The molecule has 11 heteroatoms. The van der Waals surface area contributed by atoms with Gasteiger partial charge in [-0.05, 0) is 43.7 Å². The molecule has 9 nitrogen and oxygen atoms in total. The molecule has 5 rings (SSSR count). The summed E-state index contributed by atoms with van der Waals surface area (Å²) >= 11 is 0. The molecule has 1 N–H and O–H groups in total. The number of fused-ring (bicyclic) bond motifs is 1. The Labute approximate surface area is 199 Å². The van der Waals surface area contributed by atoms with Crippen LogP contribution in [0.25, 0.3) is 6.08 Å². The van der Waals surface area contributed by atoms with Gasteiger partial charge in [0.05, 0.1) is 11.4 Å². The molecule has 0 aliphatic carbocycles. The third kappa shape index (κ3) is 3.92. The van der Waals surface area contributed by atoms with E-state index in [1.807, 2.05) is 4.90 Å². The maximum atomic E-state index is 14.4. The number of nitrogens with one attached hydrogen (secondary N) is 1. The largest absolute Gasteiger partial charge is 0.356 e. The van der Waals surface area contributed by atoms with Crippen LogP contribution in [0.1, 0.15) is 40.6 Å². The van der Waals surface area contributed by atoms with E-state index in [1.165, 1.54) is 17.3 Å². The molecule has 0 spiro atoms. The molecule has 1 aromatic carbocycles. The molecule has 2 aliphatic heterocycles. The molecule has 35 heavy (non-hydrogen) atoms. The third-order valence-electron chi connectivity index (χ3n) is 6.55. The van der Waals surface area contributed by atoms with Crippen molar-refractivity contribution >= 4 is 36.0 Å². The van der Waals surface area contributed by atoms with E-state index < -0.39 is 17.5 Å². The van der Waals surface area contributed by atoms with Crippen LogP contribution < -0.4 is 15.5 Å². The second-order valence-corrected chi connectivity index (χ2v) is 8.48. The second-order valence-electron chi connectivity index (χ2n) is 8.48. The molecule has 0 unspecified atom stereocenters. The Balaban J connectivity index is 1.33. The van der Waals surface area contributed by atoms with Gasteiger partial charge in [0.1, 0.15) is 29.5 Å². The van der Waals surface area contributed by atoms with E-state index in [0.717, 1.165) is 6.07 Å². The Bertz CT molecular complexity index is 1390. The molecule has 4 heterocycles. The highest BCUT2D eigenvalue weighted by atomic mass is 19.1. The molecule has 0 bridgehead atoms. The number of benzene rings is 1. The van der Waals surface area contributed by atoms with Gasteiger partial charge < -0.3 is 9.80 Å². The number of rotatable bonds is 5.